The number of aromatic nitrogens is 2. The molecule has 0 radical (unpaired) electrons. The topological polar surface area (TPSA) is 66.4 Å². The first-order valence-electron chi connectivity index (χ1n) is 11.2. The summed E-state index contributed by atoms with van der Waals surface area (Å²) < 4.78 is 0. The van der Waals surface area contributed by atoms with E-state index in [0.717, 1.165) is 74.5 Å². The molecular weight excluding hydrogens is 364 g/mol. The molecule has 1 saturated heterocycles. The van der Waals surface area contributed by atoms with E-state index < -0.39 is 0 Å². The van der Waals surface area contributed by atoms with Crippen LogP contribution >= 0.6 is 0 Å². The van der Waals surface area contributed by atoms with Gasteiger partial charge in [-0.25, -0.2) is 9.97 Å². The molecule has 4 rings (SSSR count). The molecule has 6 nitrogen and oxygen atoms in total. The van der Waals surface area contributed by atoms with E-state index in [0.29, 0.717) is 25.3 Å². The third-order valence-corrected chi connectivity index (χ3v) is 6.56. The van der Waals surface area contributed by atoms with Crippen molar-refractivity contribution in [2.24, 2.45) is 5.92 Å². The first kappa shape index (κ1) is 20.0. The lowest BCUT2D eigenvalue weighted by molar-refractivity contribution is -0.133. The summed E-state index contributed by atoms with van der Waals surface area (Å²) in [6, 6.07) is 0. The molecule has 0 aromatic carbocycles. The highest BCUT2D eigenvalue weighted by molar-refractivity contribution is 5.95. The Balaban J connectivity index is 1.44. The standard InChI is InChI=1S/C23H32N4O2/c1-3-12-27-20(28)9-8-19-16(2)24-22(25-23(19)27)18-10-13-26(14-11-18)21(29)15-17-6-4-5-7-17/h4,6,17-18H,3,5,7-15H2,1-2H3/t17-/m1/s1. The number of likely N-dealkylation sites (tertiary alicyclic amines) is 1. The number of aryl methyl sites for hydroxylation is 1. The number of allylic oxidation sites excluding steroid dienone is 2. The van der Waals surface area contributed by atoms with E-state index >= 15 is 0 Å². The predicted molar refractivity (Wildman–Crippen MR) is 113 cm³/mol. The van der Waals surface area contributed by atoms with Crippen molar-refractivity contribution in [2.45, 2.75) is 71.1 Å². The molecule has 1 aromatic rings. The summed E-state index contributed by atoms with van der Waals surface area (Å²) in [6.07, 6.45) is 11.2. The van der Waals surface area contributed by atoms with Crippen LogP contribution in [-0.4, -0.2) is 46.3 Å². The maximum atomic E-state index is 12.6. The minimum Gasteiger partial charge on any atom is -0.343 e. The van der Waals surface area contributed by atoms with Crippen LogP contribution in [0.2, 0.25) is 0 Å². The van der Waals surface area contributed by atoms with Crippen LogP contribution in [0.4, 0.5) is 5.82 Å². The van der Waals surface area contributed by atoms with Gasteiger partial charge in [-0.15, -0.1) is 0 Å². The lowest BCUT2D eigenvalue weighted by Gasteiger charge is -2.33. The van der Waals surface area contributed by atoms with E-state index in [9.17, 15) is 9.59 Å². The lowest BCUT2D eigenvalue weighted by atomic mass is 9.94. The Kier molecular flexibility index (Phi) is 5.97. The molecule has 1 aliphatic carbocycles. The van der Waals surface area contributed by atoms with E-state index in [1.807, 2.05) is 16.7 Å². The smallest absolute Gasteiger partial charge is 0.228 e. The van der Waals surface area contributed by atoms with Crippen LogP contribution in [0.1, 0.15) is 74.9 Å². The largest absolute Gasteiger partial charge is 0.343 e. The Bertz CT molecular complexity index is 811. The van der Waals surface area contributed by atoms with Gasteiger partial charge >= 0.3 is 0 Å². The van der Waals surface area contributed by atoms with Gasteiger partial charge in [-0.05, 0) is 51.4 Å². The van der Waals surface area contributed by atoms with Gasteiger partial charge in [0.05, 0.1) is 0 Å². The number of anilines is 1. The molecule has 0 unspecified atom stereocenters. The quantitative estimate of drug-likeness (QED) is 0.714. The SMILES string of the molecule is CCCN1C(=O)CCc2c(C)nc(C3CCN(C(=O)C[C@@H]4C=CCC4)CC3)nc21. The second kappa shape index (κ2) is 8.64. The van der Waals surface area contributed by atoms with Crippen molar-refractivity contribution >= 4 is 17.6 Å². The number of nitrogens with zero attached hydrogens (tertiary/aromatic N) is 4. The molecule has 2 amide bonds. The van der Waals surface area contributed by atoms with E-state index in [1.54, 1.807) is 0 Å². The zero-order valence-corrected chi connectivity index (χ0v) is 17.7. The van der Waals surface area contributed by atoms with Gasteiger partial charge in [0, 0.05) is 49.7 Å². The molecule has 2 aliphatic heterocycles. The molecule has 156 valence electrons. The summed E-state index contributed by atoms with van der Waals surface area (Å²) in [6.45, 7) is 6.39. The van der Waals surface area contributed by atoms with Gasteiger partial charge < -0.3 is 4.90 Å². The zero-order valence-electron chi connectivity index (χ0n) is 17.7. The van der Waals surface area contributed by atoms with Gasteiger partial charge in [-0.2, -0.15) is 0 Å². The Hall–Kier alpha value is -2.24. The van der Waals surface area contributed by atoms with Crippen LogP contribution < -0.4 is 4.90 Å². The molecule has 0 saturated carbocycles. The minimum absolute atomic E-state index is 0.171. The van der Waals surface area contributed by atoms with Gasteiger partial charge in [0.2, 0.25) is 11.8 Å². The van der Waals surface area contributed by atoms with Crippen LogP contribution in [0.3, 0.4) is 0 Å². The third kappa shape index (κ3) is 4.21. The molecule has 0 bridgehead atoms. The summed E-state index contributed by atoms with van der Waals surface area (Å²) >= 11 is 0. The minimum atomic E-state index is 0.171. The number of rotatable bonds is 5. The molecule has 6 heteroatoms. The Morgan fingerprint density at radius 1 is 1.17 bits per heavy atom. The molecule has 1 atom stereocenters. The number of amides is 2. The van der Waals surface area contributed by atoms with E-state index in [4.69, 9.17) is 9.97 Å². The molecule has 29 heavy (non-hydrogen) atoms. The summed E-state index contributed by atoms with van der Waals surface area (Å²) in [5.74, 6) is 2.82. The van der Waals surface area contributed by atoms with Gasteiger partial charge in [-0.3, -0.25) is 14.5 Å². The molecule has 3 heterocycles. The highest BCUT2D eigenvalue weighted by atomic mass is 16.2. The van der Waals surface area contributed by atoms with Crippen molar-refractivity contribution in [1.29, 1.82) is 0 Å². The van der Waals surface area contributed by atoms with E-state index in [-0.39, 0.29) is 17.7 Å². The van der Waals surface area contributed by atoms with Crippen LogP contribution in [0.25, 0.3) is 0 Å². The first-order chi connectivity index (χ1) is 14.1. The number of hydrogen-bond acceptors (Lipinski definition) is 4. The maximum absolute atomic E-state index is 12.6. The maximum Gasteiger partial charge on any atom is 0.228 e. The molecule has 1 aromatic heterocycles. The monoisotopic (exact) mass is 396 g/mol. The second-order valence-corrected chi connectivity index (χ2v) is 8.64. The third-order valence-electron chi connectivity index (χ3n) is 6.56. The molecule has 3 aliphatic rings. The summed E-state index contributed by atoms with van der Waals surface area (Å²) in [4.78, 5) is 38.6. The van der Waals surface area contributed by atoms with Crippen LogP contribution in [0.15, 0.2) is 12.2 Å². The number of fused-ring (bicyclic) bond motifs is 1. The summed E-state index contributed by atoms with van der Waals surface area (Å²) in [5.41, 5.74) is 2.13. The van der Waals surface area contributed by atoms with Crippen molar-refractivity contribution in [2.75, 3.05) is 24.5 Å². The van der Waals surface area contributed by atoms with Crippen molar-refractivity contribution in [3.8, 4) is 0 Å². The first-order valence-corrected chi connectivity index (χ1v) is 11.2. The van der Waals surface area contributed by atoms with Crippen molar-refractivity contribution in [3.05, 3.63) is 29.2 Å². The van der Waals surface area contributed by atoms with Crippen LogP contribution in [-0.2, 0) is 16.0 Å². The molecule has 0 N–H and O–H groups in total. The van der Waals surface area contributed by atoms with E-state index in [1.165, 1.54) is 0 Å². The van der Waals surface area contributed by atoms with Crippen molar-refractivity contribution < 1.29 is 9.59 Å². The van der Waals surface area contributed by atoms with Gasteiger partial charge in [0.1, 0.15) is 11.6 Å². The highest BCUT2D eigenvalue weighted by Crippen LogP contribution is 2.33. The summed E-state index contributed by atoms with van der Waals surface area (Å²) in [5, 5.41) is 0. The fourth-order valence-corrected chi connectivity index (χ4v) is 4.85. The Morgan fingerprint density at radius 2 is 1.97 bits per heavy atom. The second-order valence-electron chi connectivity index (χ2n) is 8.64. The van der Waals surface area contributed by atoms with Crippen molar-refractivity contribution in [1.82, 2.24) is 14.9 Å². The Morgan fingerprint density at radius 3 is 2.66 bits per heavy atom. The Labute approximate surface area is 173 Å². The number of hydrogen-bond donors (Lipinski definition) is 0. The molecule has 0 spiro atoms. The highest BCUT2D eigenvalue weighted by Gasteiger charge is 2.31. The lowest BCUT2D eigenvalue weighted by Crippen LogP contribution is -2.39. The molecule has 1 fully saturated rings. The normalized spacial score (nSPS) is 22.3. The predicted octanol–water partition coefficient (Wildman–Crippen LogP) is 3.54. The van der Waals surface area contributed by atoms with Gasteiger partial charge in [-0.1, -0.05) is 19.1 Å². The summed E-state index contributed by atoms with van der Waals surface area (Å²) in [7, 11) is 0. The fraction of sp³-hybridized carbons (Fsp3) is 0.652. The number of carbonyl (C=O) groups excluding carboxylic acids is 2. The average Bonchev–Trinajstić information content (AvgIpc) is 3.23. The van der Waals surface area contributed by atoms with Gasteiger partial charge in [0.15, 0.2) is 0 Å². The fourth-order valence-electron chi connectivity index (χ4n) is 4.85. The van der Waals surface area contributed by atoms with Crippen molar-refractivity contribution in [3.63, 3.8) is 0 Å². The average molecular weight is 397 g/mol. The van der Waals surface area contributed by atoms with E-state index in [2.05, 4.69) is 19.1 Å². The van der Waals surface area contributed by atoms with Crippen LogP contribution in [0, 0.1) is 12.8 Å². The zero-order chi connectivity index (χ0) is 20.4. The number of carbonyl (C=O) groups is 2. The van der Waals surface area contributed by atoms with Gasteiger partial charge in [0.25, 0.3) is 0 Å². The molecular formula is C23H32N4O2. The van der Waals surface area contributed by atoms with Crippen LogP contribution in [0.5, 0.6) is 0 Å². The number of piperidine rings is 1.